The Bertz CT molecular complexity index is 493. The number of nitrogens with one attached hydrogen (secondary N) is 1. The Labute approximate surface area is 119 Å². The van der Waals surface area contributed by atoms with Gasteiger partial charge in [-0.25, -0.2) is 18.4 Å². The van der Waals surface area contributed by atoms with Gasteiger partial charge in [-0.15, -0.1) is 0 Å². The van der Waals surface area contributed by atoms with Gasteiger partial charge in [-0.05, 0) is 12.5 Å². The molecule has 3 N–H and O–H groups in total. The van der Waals surface area contributed by atoms with E-state index >= 15 is 0 Å². The lowest BCUT2D eigenvalue weighted by Crippen LogP contribution is -2.59. The van der Waals surface area contributed by atoms with Crippen LogP contribution in [0, 0.1) is 0 Å². The molecular weight excluding hydrogens is 288 g/mol. The summed E-state index contributed by atoms with van der Waals surface area (Å²) >= 11 is 0. The number of rotatable bonds is 6. The van der Waals surface area contributed by atoms with Gasteiger partial charge in [-0.1, -0.05) is 30.3 Å². The molecule has 0 heterocycles. The van der Waals surface area contributed by atoms with Gasteiger partial charge >= 0.3 is 12.1 Å². The minimum atomic E-state index is -3.35. The molecule has 1 rings (SSSR count). The average molecular weight is 303 g/mol. The molecule has 116 valence electrons. The molecule has 6 nitrogen and oxygen atoms in total. The smallest absolute Gasteiger partial charge is 0.408 e. The van der Waals surface area contributed by atoms with Gasteiger partial charge < -0.3 is 20.3 Å². The molecular formula is C13H15F2NO5. The number of halogens is 2. The molecule has 0 aromatic heterocycles. The number of hydrogen-bond donors (Lipinski definition) is 3. The molecule has 0 saturated heterocycles. The molecule has 2 unspecified atom stereocenters. The number of carbonyl (C=O) groups is 2. The number of hydrogen-bond acceptors (Lipinski definition) is 4. The maximum absolute atomic E-state index is 12.6. The number of carboxylic acid groups (broad SMARTS) is 1. The predicted octanol–water partition coefficient (Wildman–Crippen LogP) is 1.38. The minimum absolute atomic E-state index is 0.157. The Hall–Kier alpha value is -2.22. The van der Waals surface area contributed by atoms with Crippen LogP contribution >= 0.6 is 0 Å². The van der Waals surface area contributed by atoms with Gasteiger partial charge in [-0.3, -0.25) is 0 Å². The summed E-state index contributed by atoms with van der Waals surface area (Å²) < 4.78 is 30.0. The van der Waals surface area contributed by atoms with Crippen molar-refractivity contribution < 1.29 is 33.3 Å². The van der Waals surface area contributed by atoms with Crippen LogP contribution in [-0.4, -0.2) is 40.3 Å². The third kappa shape index (κ3) is 4.67. The van der Waals surface area contributed by atoms with Crippen molar-refractivity contribution in [3.63, 3.8) is 0 Å². The highest BCUT2D eigenvalue weighted by molar-refractivity contribution is 5.81. The quantitative estimate of drug-likeness (QED) is 0.738. The molecule has 0 saturated carbocycles. The van der Waals surface area contributed by atoms with E-state index in [-0.39, 0.29) is 6.61 Å². The summed E-state index contributed by atoms with van der Waals surface area (Å²) in [6.07, 6.45) is -4.57. The molecule has 0 aliphatic rings. The van der Waals surface area contributed by atoms with Gasteiger partial charge in [0.15, 0.2) is 11.6 Å². The van der Waals surface area contributed by atoms with Gasteiger partial charge in [0.1, 0.15) is 6.61 Å². The monoisotopic (exact) mass is 303 g/mol. The van der Waals surface area contributed by atoms with Crippen LogP contribution in [0.2, 0.25) is 0 Å². The molecule has 0 fully saturated rings. The molecule has 1 aromatic carbocycles. The maximum atomic E-state index is 12.6. The molecule has 0 bridgehead atoms. The normalized spacial score (nSPS) is 15.1. The number of ether oxygens (including phenoxy) is 1. The third-order valence-electron chi connectivity index (χ3n) is 2.75. The number of aliphatic hydroxyl groups is 1. The van der Waals surface area contributed by atoms with Crippen LogP contribution in [0.25, 0.3) is 0 Å². The highest BCUT2D eigenvalue weighted by atomic mass is 19.3. The molecule has 1 amide bonds. The fourth-order valence-electron chi connectivity index (χ4n) is 1.47. The van der Waals surface area contributed by atoms with Crippen LogP contribution < -0.4 is 5.32 Å². The molecule has 21 heavy (non-hydrogen) atoms. The van der Waals surface area contributed by atoms with Crippen molar-refractivity contribution in [3.05, 3.63) is 35.9 Å². The van der Waals surface area contributed by atoms with Crippen LogP contribution in [0.4, 0.5) is 13.6 Å². The summed E-state index contributed by atoms with van der Waals surface area (Å²) in [6, 6.07) is 6.30. The fourth-order valence-corrected chi connectivity index (χ4v) is 1.47. The molecule has 1 aromatic rings. The number of alkyl carbamates (subject to hydrolysis) is 1. The van der Waals surface area contributed by atoms with Crippen molar-refractivity contribution in [1.29, 1.82) is 0 Å². The summed E-state index contributed by atoms with van der Waals surface area (Å²) in [4.78, 5) is 22.3. The standard InChI is InChI=1S/C13H15F2NO5/c1-13(20,11(14)15)9(10(17)18)16-12(19)21-7-8-5-3-2-4-6-8/h2-6,9,11,20H,7H2,1H3,(H,16,19)(H,17,18). The first-order valence-electron chi connectivity index (χ1n) is 5.95. The van der Waals surface area contributed by atoms with Gasteiger partial charge in [0.2, 0.25) is 0 Å². The first-order chi connectivity index (χ1) is 9.75. The van der Waals surface area contributed by atoms with Gasteiger partial charge in [-0.2, -0.15) is 0 Å². The number of carboxylic acids is 1. The van der Waals surface area contributed by atoms with Gasteiger partial charge in [0.05, 0.1) is 0 Å². The lowest BCUT2D eigenvalue weighted by molar-refractivity contribution is -0.157. The van der Waals surface area contributed by atoms with Crippen molar-refractivity contribution in [1.82, 2.24) is 5.32 Å². The van der Waals surface area contributed by atoms with Gasteiger partial charge in [0.25, 0.3) is 6.43 Å². The van der Waals surface area contributed by atoms with E-state index in [4.69, 9.17) is 9.84 Å². The number of benzene rings is 1. The first kappa shape index (κ1) is 16.8. The molecule has 0 aliphatic heterocycles. The van der Waals surface area contributed by atoms with E-state index in [1.54, 1.807) is 35.6 Å². The minimum Gasteiger partial charge on any atom is -0.480 e. The predicted molar refractivity (Wildman–Crippen MR) is 67.8 cm³/mol. The Morgan fingerprint density at radius 2 is 1.90 bits per heavy atom. The summed E-state index contributed by atoms with van der Waals surface area (Å²) in [6.45, 7) is 0.462. The third-order valence-corrected chi connectivity index (χ3v) is 2.75. The molecule has 2 atom stereocenters. The van der Waals surface area contributed by atoms with E-state index in [2.05, 4.69) is 0 Å². The highest BCUT2D eigenvalue weighted by Gasteiger charge is 2.46. The van der Waals surface area contributed by atoms with Gasteiger partial charge in [0, 0.05) is 0 Å². The molecule has 0 aliphatic carbocycles. The van der Waals surface area contributed by atoms with Crippen LogP contribution in [0.15, 0.2) is 30.3 Å². The van der Waals surface area contributed by atoms with Crippen LogP contribution in [-0.2, 0) is 16.1 Å². The van der Waals surface area contributed by atoms with E-state index in [0.29, 0.717) is 12.5 Å². The Balaban J connectivity index is 2.64. The summed E-state index contributed by atoms with van der Waals surface area (Å²) in [5, 5.41) is 20.0. The van der Waals surface area contributed by atoms with E-state index in [1.165, 1.54) is 0 Å². The summed E-state index contributed by atoms with van der Waals surface area (Å²) in [5.41, 5.74) is -2.28. The van der Waals surface area contributed by atoms with Crippen LogP contribution in [0.1, 0.15) is 12.5 Å². The average Bonchev–Trinajstić information content (AvgIpc) is 2.43. The number of amides is 1. The summed E-state index contributed by atoms with van der Waals surface area (Å²) in [7, 11) is 0. The SMILES string of the molecule is CC(O)(C(F)F)C(NC(=O)OCc1ccccc1)C(=O)O. The van der Waals surface area contributed by atoms with E-state index < -0.39 is 30.1 Å². The van der Waals surface area contributed by atoms with Crippen molar-refractivity contribution in [3.8, 4) is 0 Å². The van der Waals surface area contributed by atoms with Crippen molar-refractivity contribution >= 4 is 12.1 Å². The highest BCUT2D eigenvalue weighted by Crippen LogP contribution is 2.20. The zero-order valence-electron chi connectivity index (χ0n) is 11.1. The topological polar surface area (TPSA) is 95.9 Å². The maximum Gasteiger partial charge on any atom is 0.408 e. The number of alkyl halides is 2. The lowest BCUT2D eigenvalue weighted by atomic mass is 9.97. The Morgan fingerprint density at radius 1 is 1.33 bits per heavy atom. The Kier molecular flexibility index (Phi) is 5.60. The number of carbonyl (C=O) groups excluding carboxylic acids is 1. The Morgan fingerprint density at radius 3 is 2.38 bits per heavy atom. The second kappa shape index (κ2) is 6.98. The lowest BCUT2D eigenvalue weighted by Gasteiger charge is -2.29. The molecule has 0 spiro atoms. The van der Waals surface area contributed by atoms with Crippen molar-refractivity contribution in [2.24, 2.45) is 0 Å². The molecule has 8 heteroatoms. The number of aliphatic carboxylic acids is 1. The second-order valence-electron chi connectivity index (χ2n) is 4.50. The van der Waals surface area contributed by atoms with E-state index in [9.17, 15) is 23.5 Å². The van der Waals surface area contributed by atoms with Crippen LogP contribution in [0.5, 0.6) is 0 Å². The van der Waals surface area contributed by atoms with Crippen molar-refractivity contribution in [2.75, 3.05) is 0 Å². The first-order valence-corrected chi connectivity index (χ1v) is 5.95. The second-order valence-corrected chi connectivity index (χ2v) is 4.50. The zero-order chi connectivity index (χ0) is 16.0. The summed E-state index contributed by atoms with van der Waals surface area (Å²) in [5.74, 6) is -1.79. The fraction of sp³-hybridized carbons (Fsp3) is 0.385. The van der Waals surface area contributed by atoms with E-state index in [1.807, 2.05) is 0 Å². The largest absolute Gasteiger partial charge is 0.480 e. The zero-order valence-corrected chi connectivity index (χ0v) is 11.1. The van der Waals surface area contributed by atoms with E-state index in [0.717, 1.165) is 0 Å². The molecule has 0 radical (unpaired) electrons. The van der Waals surface area contributed by atoms with Crippen molar-refractivity contribution in [2.45, 2.75) is 31.6 Å². The van der Waals surface area contributed by atoms with Crippen LogP contribution in [0.3, 0.4) is 0 Å².